The third-order valence-electron chi connectivity index (χ3n) is 15.0. The molecule has 2 fully saturated rings. The van der Waals surface area contributed by atoms with Crippen molar-refractivity contribution in [2.45, 2.75) is 95.9 Å². The minimum atomic E-state index is -0.982. The number of methoxy groups -OCH3 is 1. The van der Waals surface area contributed by atoms with Crippen LogP contribution in [0.3, 0.4) is 0 Å². The number of nitrogens with zero attached hydrogens (tertiary/aromatic N) is 1. The van der Waals surface area contributed by atoms with Crippen LogP contribution in [-0.2, 0) is 32.7 Å². The Morgan fingerprint density at radius 1 is 0.800 bits per heavy atom. The maximum Gasteiger partial charge on any atom is 0.343 e. The van der Waals surface area contributed by atoms with Gasteiger partial charge in [0.25, 0.3) is 0 Å². The van der Waals surface area contributed by atoms with Crippen LogP contribution >= 0.6 is 0 Å². The molecule has 0 spiro atoms. The van der Waals surface area contributed by atoms with Gasteiger partial charge in [-0.25, -0.2) is 4.79 Å². The minimum absolute atomic E-state index is 0.208. The number of para-hydroxylation sites is 1. The van der Waals surface area contributed by atoms with Gasteiger partial charge in [0.15, 0.2) is 5.60 Å². The molecule has 3 heterocycles. The van der Waals surface area contributed by atoms with E-state index in [1.54, 1.807) is 7.11 Å². The highest BCUT2D eigenvalue weighted by Gasteiger charge is 2.44. The predicted octanol–water partition coefficient (Wildman–Crippen LogP) is 13.3. The summed E-state index contributed by atoms with van der Waals surface area (Å²) in [5.74, 6) is 2.39. The molecule has 0 N–H and O–H groups in total. The Morgan fingerprint density at radius 3 is 2.23 bits per heavy atom. The van der Waals surface area contributed by atoms with Crippen LogP contribution in [0.1, 0.15) is 116 Å². The summed E-state index contributed by atoms with van der Waals surface area (Å²) < 4.78 is 31.7. The first-order valence-electron chi connectivity index (χ1n) is 23.8. The summed E-state index contributed by atoms with van der Waals surface area (Å²) in [5, 5.41) is 2.09. The van der Waals surface area contributed by atoms with Crippen molar-refractivity contribution in [2.24, 2.45) is 5.92 Å². The van der Waals surface area contributed by atoms with Crippen molar-refractivity contribution in [1.29, 1.82) is 0 Å². The number of morpholine rings is 1. The smallest absolute Gasteiger partial charge is 0.343 e. The molecule has 1 saturated carbocycles. The lowest BCUT2D eigenvalue weighted by atomic mass is 9.61. The van der Waals surface area contributed by atoms with Gasteiger partial charge in [-0.1, -0.05) is 119 Å². The SMILES string of the molecule is CCCC(C)C1(c2ccc(OC(=O)c3ccc(-c4ccc5c6c(c7c(c5c4)COC7(C)C)C=CC(c4ccc(N5CCOCC5)cc4)(c4ccccc4OC)O6)cc3)cc2)CCCCC1. The molecule has 3 aliphatic heterocycles. The van der Waals surface area contributed by atoms with E-state index in [4.69, 9.17) is 23.7 Å². The first-order valence-corrected chi connectivity index (χ1v) is 23.8. The number of esters is 1. The molecule has 334 valence electrons. The van der Waals surface area contributed by atoms with Gasteiger partial charge >= 0.3 is 5.97 Å². The van der Waals surface area contributed by atoms with Crippen LogP contribution in [0.5, 0.6) is 17.2 Å². The fourth-order valence-electron chi connectivity index (χ4n) is 11.5. The van der Waals surface area contributed by atoms with Gasteiger partial charge in [-0.2, -0.15) is 0 Å². The van der Waals surface area contributed by atoms with E-state index in [1.165, 1.54) is 56.1 Å². The number of hydrogen-bond donors (Lipinski definition) is 0. The van der Waals surface area contributed by atoms with E-state index in [9.17, 15) is 4.79 Å². The van der Waals surface area contributed by atoms with Crippen LogP contribution in [-0.4, -0.2) is 39.4 Å². The number of hydrogen-bond acceptors (Lipinski definition) is 7. The summed E-state index contributed by atoms with van der Waals surface area (Å²) >= 11 is 0. The number of benzene rings is 6. The Balaban J connectivity index is 0.967. The average molecular weight is 868 g/mol. The molecule has 0 amide bonds. The molecule has 1 saturated heterocycles. The van der Waals surface area contributed by atoms with Crippen molar-refractivity contribution in [3.8, 4) is 28.4 Å². The molecule has 4 aliphatic rings. The summed E-state index contributed by atoms with van der Waals surface area (Å²) in [6, 6.07) is 39.6. The highest BCUT2D eigenvalue weighted by Crippen LogP contribution is 2.54. The Kier molecular flexibility index (Phi) is 11.6. The largest absolute Gasteiger partial charge is 0.496 e. The van der Waals surface area contributed by atoms with E-state index in [-0.39, 0.29) is 11.4 Å². The van der Waals surface area contributed by atoms with Gasteiger partial charge in [-0.05, 0) is 120 Å². The summed E-state index contributed by atoms with van der Waals surface area (Å²) in [7, 11) is 1.71. The first-order chi connectivity index (χ1) is 31.6. The van der Waals surface area contributed by atoms with Crippen LogP contribution in [0, 0.1) is 5.92 Å². The molecule has 0 bridgehead atoms. The highest BCUT2D eigenvalue weighted by molar-refractivity contribution is 6.00. The molecular weight excluding hydrogens is 807 g/mol. The number of anilines is 1. The summed E-state index contributed by atoms with van der Waals surface area (Å²) in [6.45, 7) is 12.7. The van der Waals surface area contributed by atoms with Crippen LogP contribution in [0.4, 0.5) is 5.69 Å². The number of carbonyl (C=O) groups is 1. The van der Waals surface area contributed by atoms with Crippen molar-refractivity contribution < 1.29 is 28.5 Å². The van der Waals surface area contributed by atoms with E-state index in [0.717, 1.165) is 87.6 Å². The summed E-state index contributed by atoms with van der Waals surface area (Å²) in [6.07, 6.45) is 13.2. The Morgan fingerprint density at radius 2 is 1.51 bits per heavy atom. The molecule has 1 aliphatic carbocycles. The van der Waals surface area contributed by atoms with E-state index in [2.05, 4.69) is 105 Å². The average Bonchev–Trinajstić information content (AvgIpc) is 3.69. The molecule has 6 aromatic carbocycles. The van der Waals surface area contributed by atoms with E-state index in [1.807, 2.05) is 54.6 Å². The Hall–Kier alpha value is -5.89. The second kappa shape index (κ2) is 17.5. The lowest BCUT2D eigenvalue weighted by Crippen LogP contribution is -2.37. The lowest BCUT2D eigenvalue weighted by molar-refractivity contribution is -0.00803. The van der Waals surface area contributed by atoms with Crippen molar-refractivity contribution >= 4 is 28.5 Å². The van der Waals surface area contributed by atoms with Crippen molar-refractivity contribution in [3.63, 3.8) is 0 Å². The molecule has 10 rings (SSSR count). The molecular formula is C58H61NO6. The molecule has 0 radical (unpaired) electrons. The van der Waals surface area contributed by atoms with Gasteiger partial charge in [0.1, 0.15) is 17.2 Å². The van der Waals surface area contributed by atoms with Crippen molar-refractivity contribution in [2.75, 3.05) is 38.3 Å². The normalized spacial score (nSPS) is 20.1. The maximum absolute atomic E-state index is 13.5. The van der Waals surface area contributed by atoms with Crippen LogP contribution < -0.4 is 19.1 Å². The van der Waals surface area contributed by atoms with Gasteiger partial charge in [-0.3, -0.25) is 0 Å². The zero-order valence-electron chi connectivity index (χ0n) is 38.6. The molecule has 7 nitrogen and oxygen atoms in total. The van der Waals surface area contributed by atoms with Crippen LogP contribution in [0.15, 0.2) is 121 Å². The third kappa shape index (κ3) is 7.70. The van der Waals surface area contributed by atoms with Crippen molar-refractivity contribution in [1.82, 2.24) is 0 Å². The number of carbonyl (C=O) groups excluding carboxylic acids is 1. The highest BCUT2D eigenvalue weighted by atomic mass is 16.5. The van der Waals surface area contributed by atoms with E-state index in [0.29, 0.717) is 23.8 Å². The van der Waals surface area contributed by atoms with Crippen LogP contribution in [0.2, 0.25) is 0 Å². The topological polar surface area (TPSA) is 66.5 Å². The third-order valence-corrected chi connectivity index (χ3v) is 15.0. The maximum atomic E-state index is 13.5. The van der Waals surface area contributed by atoms with Crippen molar-refractivity contribution in [3.05, 3.63) is 160 Å². The zero-order chi connectivity index (χ0) is 44.8. The zero-order valence-corrected chi connectivity index (χ0v) is 38.6. The molecule has 0 aromatic heterocycles. The summed E-state index contributed by atoms with van der Waals surface area (Å²) in [5.41, 5.74) is 9.05. The van der Waals surface area contributed by atoms with Gasteiger partial charge in [0.2, 0.25) is 0 Å². The minimum Gasteiger partial charge on any atom is -0.496 e. The Bertz CT molecular complexity index is 2720. The van der Waals surface area contributed by atoms with E-state index >= 15 is 0 Å². The van der Waals surface area contributed by atoms with Gasteiger partial charge in [0, 0.05) is 46.4 Å². The molecule has 6 aromatic rings. The molecule has 7 heteroatoms. The Labute approximate surface area is 384 Å². The fraction of sp³-hybridized carbons (Fsp3) is 0.362. The summed E-state index contributed by atoms with van der Waals surface area (Å²) in [4.78, 5) is 15.9. The fourth-order valence-corrected chi connectivity index (χ4v) is 11.5. The monoisotopic (exact) mass is 867 g/mol. The predicted molar refractivity (Wildman–Crippen MR) is 260 cm³/mol. The molecule has 2 unspecified atom stereocenters. The number of ether oxygens (including phenoxy) is 5. The van der Waals surface area contributed by atoms with Gasteiger partial charge in [-0.15, -0.1) is 0 Å². The molecule has 65 heavy (non-hydrogen) atoms. The van der Waals surface area contributed by atoms with Gasteiger partial charge in [0.05, 0.1) is 38.1 Å². The lowest BCUT2D eigenvalue weighted by Gasteiger charge is -2.43. The number of fused-ring (bicyclic) bond motifs is 6. The standard InChI is InChI=1S/C58H61NO6/c1-6-12-39(2)57(30-10-7-11-31-57)43-22-26-46(27-23-43)64-55(60)41-17-15-40(16-18-41)42-19-28-47-49(37-42)50-38-63-56(3,4)53(50)48-29-32-58(65-54(47)48,51-13-8-9-14-52(51)61-5)44-20-24-45(25-21-44)59-33-35-62-36-34-59/h8-9,13-29,32,37,39H,6-7,10-12,30-31,33-36,38H2,1-5H3. The quantitative estimate of drug-likeness (QED) is 0.0949. The second-order valence-electron chi connectivity index (χ2n) is 19.1. The van der Waals surface area contributed by atoms with E-state index < -0.39 is 11.2 Å². The van der Waals surface area contributed by atoms with Crippen LogP contribution in [0.25, 0.3) is 28.0 Å². The number of rotatable bonds is 11. The van der Waals surface area contributed by atoms with Gasteiger partial charge < -0.3 is 28.6 Å². The molecule has 2 atom stereocenters. The second-order valence-corrected chi connectivity index (χ2v) is 19.1. The first kappa shape index (κ1) is 43.0.